The van der Waals surface area contributed by atoms with Gasteiger partial charge in [0.15, 0.2) is 6.23 Å². The number of hydrogen-bond donors (Lipinski definition) is 8. The molecule has 0 aromatic heterocycles. The van der Waals surface area contributed by atoms with Crippen LogP contribution in [-0.4, -0.2) is 94.2 Å². The van der Waals surface area contributed by atoms with Crippen LogP contribution in [-0.2, 0) is 14.3 Å². The molecule has 246 valence electrons. The van der Waals surface area contributed by atoms with Crippen LogP contribution in [0.5, 0.6) is 0 Å². The maximum atomic E-state index is 12.5. The number of nitrogens with one attached hydrogen (secondary N) is 4. The third kappa shape index (κ3) is 10.0. The monoisotopic (exact) mass is 610 g/mol. The van der Waals surface area contributed by atoms with E-state index in [1.54, 1.807) is 0 Å². The standard InChI is InChI=1S/C31H54N4O8/c36-19-23-26(39)27(40)28(41)29(43-23)34-25(38)18-33-24(37)10-8-6-4-2-1-3-5-7-9-11-32-30(42)35-31-15-20-12-21(16-31)14-22(13-20)17-31/h20-23,26-29,36,39-41H,1-19H2,(H,33,37)(H,34,38)(H2,32,35,42)/t20?,21?,22?,23-,26-,27+,28-,29-,31?/m0/s1. The van der Waals surface area contributed by atoms with Crippen LogP contribution in [0.4, 0.5) is 4.79 Å². The Balaban J connectivity index is 0.923. The highest BCUT2D eigenvalue weighted by molar-refractivity contribution is 5.84. The van der Waals surface area contributed by atoms with E-state index in [1.807, 2.05) is 0 Å². The van der Waals surface area contributed by atoms with Crippen molar-refractivity contribution in [3.8, 4) is 0 Å². The highest BCUT2D eigenvalue weighted by atomic mass is 16.6. The van der Waals surface area contributed by atoms with Gasteiger partial charge in [0.25, 0.3) is 0 Å². The Hall–Kier alpha value is -1.99. The molecule has 12 nitrogen and oxygen atoms in total. The Labute approximate surface area is 255 Å². The average molecular weight is 611 g/mol. The lowest BCUT2D eigenvalue weighted by Gasteiger charge is -2.56. The van der Waals surface area contributed by atoms with Crippen molar-refractivity contribution in [2.75, 3.05) is 19.7 Å². The molecule has 1 heterocycles. The van der Waals surface area contributed by atoms with Crippen molar-refractivity contribution in [3.63, 3.8) is 0 Å². The molecule has 4 aliphatic carbocycles. The van der Waals surface area contributed by atoms with Crippen molar-refractivity contribution in [1.29, 1.82) is 0 Å². The molecule has 0 spiro atoms. The minimum Gasteiger partial charge on any atom is -0.394 e. The van der Waals surface area contributed by atoms with Gasteiger partial charge in [0.05, 0.1) is 13.2 Å². The van der Waals surface area contributed by atoms with Gasteiger partial charge in [-0.05, 0) is 69.1 Å². The molecule has 8 N–H and O–H groups in total. The summed E-state index contributed by atoms with van der Waals surface area (Å²) in [6.07, 6.45) is 10.4. The number of hydrogen-bond acceptors (Lipinski definition) is 8. The van der Waals surface area contributed by atoms with Crippen molar-refractivity contribution in [2.24, 2.45) is 17.8 Å². The fourth-order valence-electron chi connectivity index (χ4n) is 8.10. The molecule has 4 saturated carbocycles. The van der Waals surface area contributed by atoms with Crippen LogP contribution in [0.3, 0.4) is 0 Å². The highest BCUT2D eigenvalue weighted by Crippen LogP contribution is 2.55. The van der Waals surface area contributed by atoms with E-state index >= 15 is 0 Å². The predicted octanol–water partition coefficient (Wildman–Crippen LogP) is 1.19. The molecule has 5 atom stereocenters. The number of ether oxygens (including phenoxy) is 1. The summed E-state index contributed by atoms with van der Waals surface area (Å²) in [7, 11) is 0. The van der Waals surface area contributed by atoms with Gasteiger partial charge in [-0.3, -0.25) is 9.59 Å². The van der Waals surface area contributed by atoms with E-state index in [4.69, 9.17) is 4.74 Å². The maximum Gasteiger partial charge on any atom is 0.315 e. The molecule has 0 unspecified atom stereocenters. The minimum atomic E-state index is -1.58. The maximum absolute atomic E-state index is 12.5. The lowest BCUT2D eigenvalue weighted by Crippen LogP contribution is -2.63. The van der Waals surface area contributed by atoms with Gasteiger partial charge in [-0.25, -0.2) is 4.79 Å². The fourth-order valence-corrected chi connectivity index (χ4v) is 8.10. The first-order chi connectivity index (χ1) is 20.7. The van der Waals surface area contributed by atoms with Gasteiger partial charge >= 0.3 is 6.03 Å². The smallest absolute Gasteiger partial charge is 0.315 e. The molecule has 5 aliphatic rings. The zero-order valence-corrected chi connectivity index (χ0v) is 25.5. The highest BCUT2D eigenvalue weighted by Gasteiger charge is 2.51. The van der Waals surface area contributed by atoms with Crippen molar-refractivity contribution in [1.82, 2.24) is 21.3 Å². The van der Waals surface area contributed by atoms with Crippen molar-refractivity contribution < 1.29 is 39.5 Å². The van der Waals surface area contributed by atoms with Gasteiger partial charge in [0, 0.05) is 18.5 Å². The average Bonchev–Trinajstić information content (AvgIpc) is 2.96. The van der Waals surface area contributed by atoms with Crippen LogP contribution in [0.2, 0.25) is 0 Å². The number of aliphatic hydroxyl groups is 4. The number of carbonyl (C=O) groups excluding carboxylic acids is 3. The quantitative estimate of drug-likeness (QED) is 0.113. The number of urea groups is 1. The molecule has 1 saturated heterocycles. The van der Waals surface area contributed by atoms with Crippen LogP contribution in [0.1, 0.15) is 103 Å². The van der Waals surface area contributed by atoms with Gasteiger partial charge in [0.1, 0.15) is 24.4 Å². The lowest BCUT2D eigenvalue weighted by molar-refractivity contribution is -0.235. The van der Waals surface area contributed by atoms with Crippen LogP contribution >= 0.6 is 0 Å². The van der Waals surface area contributed by atoms with E-state index in [1.165, 1.54) is 44.9 Å². The summed E-state index contributed by atoms with van der Waals surface area (Å²) in [5.41, 5.74) is 0.0687. The number of rotatable bonds is 17. The number of amides is 4. The first-order valence-corrected chi connectivity index (χ1v) is 16.6. The Morgan fingerprint density at radius 2 is 1.26 bits per heavy atom. The molecule has 1 aliphatic heterocycles. The number of unbranched alkanes of at least 4 members (excludes halogenated alkanes) is 8. The van der Waals surface area contributed by atoms with Gasteiger partial charge in [-0.2, -0.15) is 0 Å². The van der Waals surface area contributed by atoms with Crippen molar-refractivity contribution in [2.45, 2.75) is 139 Å². The summed E-state index contributed by atoms with van der Waals surface area (Å²) in [5.74, 6) is 1.62. The summed E-state index contributed by atoms with van der Waals surface area (Å²) in [5, 5.41) is 50.1. The Morgan fingerprint density at radius 3 is 1.84 bits per heavy atom. The van der Waals surface area contributed by atoms with Crippen LogP contribution < -0.4 is 21.3 Å². The largest absolute Gasteiger partial charge is 0.394 e. The van der Waals surface area contributed by atoms with Crippen molar-refractivity contribution in [3.05, 3.63) is 0 Å². The Morgan fingerprint density at radius 1 is 0.698 bits per heavy atom. The summed E-state index contributed by atoms with van der Waals surface area (Å²) in [6.45, 7) is -0.167. The van der Waals surface area contributed by atoms with Crippen LogP contribution in [0, 0.1) is 17.8 Å². The SMILES string of the molecule is O=C(CCCCCCCCCCCNC(=O)NC12CC3CC(CC(C3)C1)C2)NCC(=O)N[C@H]1O[C@@H](CO)[C@H](O)[C@@H](O)[C@@H]1O. The normalized spacial score (nSPS) is 34.5. The third-order valence-electron chi connectivity index (χ3n) is 9.92. The molecule has 4 bridgehead atoms. The molecule has 0 radical (unpaired) electrons. The minimum absolute atomic E-state index is 0.0204. The summed E-state index contributed by atoms with van der Waals surface area (Å²) in [6, 6.07) is 0.0204. The van der Waals surface area contributed by atoms with E-state index in [-0.39, 0.29) is 24.0 Å². The molecule has 5 fully saturated rings. The molecule has 43 heavy (non-hydrogen) atoms. The van der Waals surface area contributed by atoms with Gasteiger partial charge in [-0.1, -0.05) is 44.9 Å². The lowest BCUT2D eigenvalue weighted by atomic mass is 9.53. The van der Waals surface area contributed by atoms with Crippen molar-refractivity contribution >= 4 is 17.8 Å². The van der Waals surface area contributed by atoms with E-state index in [2.05, 4.69) is 21.3 Å². The Kier molecular flexibility index (Phi) is 12.9. The summed E-state index contributed by atoms with van der Waals surface area (Å²) < 4.78 is 5.23. The topological polar surface area (TPSA) is 189 Å². The fraction of sp³-hybridized carbons (Fsp3) is 0.903. The second kappa shape index (κ2) is 16.4. The molecule has 12 heteroatoms. The van der Waals surface area contributed by atoms with E-state index < -0.39 is 43.2 Å². The molecular weight excluding hydrogens is 556 g/mol. The molecule has 0 aromatic carbocycles. The van der Waals surface area contributed by atoms with E-state index in [0.717, 1.165) is 75.7 Å². The zero-order chi connectivity index (χ0) is 30.8. The number of carbonyl (C=O) groups is 3. The summed E-state index contributed by atoms with van der Waals surface area (Å²) >= 11 is 0. The van der Waals surface area contributed by atoms with Gasteiger partial charge in [-0.15, -0.1) is 0 Å². The third-order valence-corrected chi connectivity index (χ3v) is 9.92. The second-order valence-electron chi connectivity index (χ2n) is 13.6. The zero-order valence-electron chi connectivity index (χ0n) is 25.5. The van der Waals surface area contributed by atoms with E-state index in [0.29, 0.717) is 6.42 Å². The first kappa shape index (κ1) is 33.9. The Bertz CT molecular complexity index is 883. The van der Waals surface area contributed by atoms with Crippen LogP contribution in [0.25, 0.3) is 0 Å². The van der Waals surface area contributed by atoms with Gasteiger partial charge < -0.3 is 46.4 Å². The van der Waals surface area contributed by atoms with Gasteiger partial charge in [0.2, 0.25) is 11.8 Å². The van der Waals surface area contributed by atoms with Crippen LogP contribution in [0.15, 0.2) is 0 Å². The molecule has 5 rings (SSSR count). The second-order valence-corrected chi connectivity index (χ2v) is 13.6. The predicted molar refractivity (Wildman–Crippen MR) is 159 cm³/mol. The molecule has 4 amide bonds. The number of aliphatic hydroxyl groups excluding tert-OH is 4. The molecular formula is C31H54N4O8. The van der Waals surface area contributed by atoms with E-state index in [9.17, 15) is 34.8 Å². The molecule has 0 aromatic rings. The summed E-state index contributed by atoms with van der Waals surface area (Å²) in [4.78, 5) is 36.7. The first-order valence-electron chi connectivity index (χ1n) is 16.6.